The number of halogens is 2. The Morgan fingerprint density at radius 1 is 1.20 bits per heavy atom. The second-order valence-electron chi connectivity index (χ2n) is 4.76. The molecular formula is C17H16Cl2N2O4. The van der Waals surface area contributed by atoms with E-state index in [-0.39, 0.29) is 6.61 Å². The summed E-state index contributed by atoms with van der Waals surface area (Å²) in [5.74, 6) is 0.672. The quantitative estimate of drug-likeness (QED) is 0.580. The highest BCUT2D eigenvalue weighted by molar-refractivity contribution is 6.35. The first-order valence-corrected chi connectivity index (χ1v) is 7.92. The molecule has 1 amide bonds. The van der Waals surface area contributed by atoms with Gasteiger partial charge in [-0.25, -0.2) is 0 Å². The summed E-state index contributed by atoms with van der Waals surface area (Å²) in [5, 5.41) is 7.20. The van der Waals surface area contributed by atoms with Crippen LogP contribution in [0, 0.1) is 0 Å². The molecule has 0 radical (unpaired) electrons. The number of amides is 1. The van der Waals surface area contributed by atoms with Crippen molar-refractivity contribution >= 4 is 41.0 Å². The van der Waals surface area contributed by atoms with Crippen molar-refractivity contribution in [3.63, 3.8) is 0 Å². The molecule has 0 spiro atoms. The number of oxime groups is 1. The van der Waals surface area contributed by atoms with E-state index in [0.717, 1.165) is 0 Å². The summed E-state index contributed by atoms with van der Waals surface area (Å²) in [7, 11) is 3.07. The van der Waals surface area contributed by atoms with Gasteiger partial charge < -0.3 is 19.6 Å². The van der Waals surface area contributed by atoms with Crippen LogP contribution in [0.15, 0.2) is 41.6 Å². The Morgan fingerprint density at radius 3 is 2.72 bits per heavy atom. The smallest absolute Gasteiger partial charge is 0.265 e. The van der Waals surface area contributed by atoms with Gasteiger partial charge in [-0.2, -0.15) is 0 Å². The molecule has 8 heteroatoms. The van der Waals surface area contributed by atoms with Gasteiger partial charge in [-0.15, -0.1) is 0 Å². The maximum Gasteiger partial charge on any atom is 0.265 e. The first-order valence-electron chi connectivity index (χ1n) is 7.16. The normalized spacial score (nSPS) is 10.6. The molecule has 0 aromatic heterocycles. The average molecular weight is 383 g/mol. The number of nitrogens with zero attached hydrogens (tertiary/aromatic N) is 1. The van der Waals surface area contributed by atoms with Crippen molar-refractivity contribution < 1.29 is 19.1 Å². The van der Waals surface area contributed by atoms with Crippen LogP contribution in [0.5, 0.6) is 11.5 Å². The van der Waals surface area contributed by atoms with E-state index in [1.165, 1.54) is 13.3 Å². The van der Waals surface area contributed by atoms with E-state index in [1.54, 1.807) is 43.5 Å². The maximum absolute atomic E-state index is 11.9. The summed E-state index contributed by atoms with van der Waals surface area (Å²) in [4.78, 5) is 16.9. The van der Waals surface area contributed by atoms with Crippen molar-refractivity contribution in [2.75, 3.05) is 26.1 Å². The van der Waals surface area contributed by atoms with Crippen LogP contribution in [-0.4, -0.2) is 32.9 Å². The molecule has 0 unspecified atom stereocenters. The number of hydrogen-bond acceptors (Lipinski definition) is 5. The van der Waals surface area contributed by atoms with Crippen LogP contribution < -0.4 is 14.8 Å². The van der Waals surface area contributed by atoms with Crippen LogP contribution >= 0.6 is 23.2 Å². The Labute approximate surface area is 155 Å². The van der Waals surface area contributed by atoms with Crippen molar-refractivity contribution in [2.45, 2.75) is 0 Å². The lowest BCUT2D eigenvalue weighted by Gasteiger charge is -2.09. The maximum atomic E-state index is 11.9. The van der Waals surface area contributed by atoms with Crippen LogP contribution in [0.25, 0.3) is 0 Å². The Hall–Kier alpha value is -2.44. The van der Waals surface area contributed by atoms with Crippen molar-refractivity contribution in [2.24, 2.45) is 5.16 Å². The van der Waals surface area contributed by atoms with E-state index in [1.807, 2.05) is 0 Å². The number of nitrogens with one attached hydrogen (secondary N) is 1. The number of anilines is 1. The molecule has 2 aromatic rings. The molecule has 0 heterocycles. The third-order valence-corrected chi connectivity index (χ3v) is 3.66. The van der Waals surface area contributed by atoms with Crippen LogP contribution in [0.3, 0.4) is 0 Å². The molecule has 0 aliphatic heterocycles. The third-order valence-electron chi connectivity index (χ3n) is 3.10. The van der Waals surface area contributed by atoms with Crippen molar-refractivity contribution in [1.82, 2.24) is 0 Å². The van der Waals surface area contributed by atoms with Gasteiger partial charge >= 0.3 is 0 Å². The summed E-state index contributed by atoms with van der Waals surface area (Å²) in [6.07, 6.45) is 1.43. The number of para-hydroxylation sites is 1. The minimum atomic E-state index is -0.418. The molecule has 6 nitrogen and oxygen atoms in total. The zero-order valence-corrected chi connectivity index (χ0v) is 15.1. The average Bonchev–Trinajstić information content (AvgIpc) is 2.61. The van der Waals surface area contributed by atoms with Gasteiger partial charge in [-0.3, -0.25) is 4.79 Å². The monoisotopic (exact) mass is 382 g/mol. The van der Waals surface area contributed by atoms with Gasteiger partial charge in [0.1, 0.15) is 0 Å². The zero-order chi connectivity index (χ0) is 18.2. The van der Waals surface area contributed by atoms with Gasteiger partial charge in [-0.1, -0.05) is 34.4 Å². The van der Waals surface area contributed by atoms with E-state index in [9.17, 15) is 4.79 Å². The molecule has 0 saturated carbocycles. The third kappa shape index (κ3) is 5.27. The second kappa shape index (κ2) is 9.15. The Balaban J connectivity index is 1.93. The van der Waals surface area contributed by atoms with Crippen LogP contribution in [0.2, 0.25) is 10.0 Å². The first kappa shape index (κ1) is 18.9. The summed E-state index contributed by atoms with van der Waals surface area (Å²) < 4.78 is 10.5. The lowest BCUT2D eigenvalue weighted by Crippen LogP contribution is -2.17. The van der Waals surface area contributed by atoms with Gasteiger partial charge in [0.25, 0.3) is 5.91 Å². The molecule has 1 N–H and O–H groups in total. The fourth-order valence-corrected chi connectivity index (χ4v) is 2.32. The molecule has 0 aliphatic carbocycles. The highest BCUT2D eigenvalue weighted by atomic mass is 35.5. The lowest BCUT2D eigenvalue weighted by atomic mass is 10.2. The Morgan fingerprint density at radius 2 is 2.00 bits per heavy atom. The number of methoxy groups -OCH3 is 2. The van der Waals surface area contributed by atoms with Crippen molar-refractivity contribution in [1.29, 1.82) is 0 Å². The van der Waals surface area contributed by atoms with E-state index < -0.39 is 5.91 Å². The topological polar surface area (TPSA) is 69.2 Å². The number of ether oxygens (including phenoxy) is 2. The van der Waals surface area contributed by atoms with E-state index in [2.05, 4.69) is 10.5 Å². The van der Waals surface area contributed by atoms with Gasteiger partial charge in [0.05, 0.1) is 31.1 Å². The van der Waals surface area contributed by atoms with Crippen LogP contribution in [0.4, 0.5) is 5.69 Å². The molecule has 0 saturated heterocycles. The fourth-order valence-electron chi connectivity index (χ4n) is 1.98. The predicted octanol–water partition coefficient (Wildman–Crippen LogP) is 4.00. The molecule has 25 heavy (non-hydrogen) atoms. The summed E-state index contributed by atoms with van der Waals surface area (Å²) in [6.45, 7) is -0.286. The van der Waals surface area contributed by atoms with Crippen molar-refractivity contribution in [3.8, 4) is 11.5 Å². The number of benzene rings is 2. The highest BCUT2D eigenvalue weighted by Crippen LogP contribution is 2.29. The predicted molar refractivity (Wildman–Crippen MR) is 98.2 cm³/mol. The molecule has 132 valence electrons. The lowest BCUT2D eigenvalue weighted by molar-refractivity contribution is -0.120. The fraction of sp³-hybridized carbons (Fsp3) is 0.176. The van der Waals surface area contributed by atoms with E-state index >= 15 is 0 Å². The summed E-state index contributed by atoms with van der Waals surface area (Å²) in [5.41, 5.74) is 1.06. The summed E-state index contributed by atoms with van der Waals surface area (Å²) in [6, 6.07) is 10.1. The molecule has 0 bridgehead atoms. The van der Waals surface area contributed by atoms with Crippen molar-refractivity contribution in [3.05, 3.63) is 52.0 Å². The Bertz CT molecular complexity index is 781. The van der Waals surface area contributed by atoms with Crippen LogP contribution in [-0.2, 0) is 9.63 Å². The SMILES string of the molecule is COc1cccc(/C=N\OCC(=O)Nc2cc(Cl)ccc2Cl)c1OC. The largest absolute Gasteiger partial charge is 0.493 e. The van der Waals surface area contributed by atoms with Gasteiger partial charge in [-0.05, 0) is 30.3 Å². The standard InChI is InChI=1S/C17H16Cl2N2O4/c1-23-15-5-3-4-11(17(15)24-2)9-20-25-10-16(22)21-14-8-12(18)6-7-13(14)19/h3-9H,10H2,1-2H3,(H,21,22)/b20-9-. The molecule has 0 aliphatic rings. The molecule has 2 aromatic carbocycles. The highest BCUT2D eigenvalue weighted by Gasteiger charge is 2.09. The van der Waals surface area contributed by atoms with Gasteiger partial charge in [0, 0.05) is 10.6 Å². The van der Waals surface area contributed by atoms with Crippen LogP contribution in [0.1, 0.15) is 5.56 Å². The molecular weight excluding hydrogens is 367 g/mol. The van der Waals surface area contributed by atoms with E-state index in [4.69, 9.17) is 37.5 Å². The molecule has 2 rings (SSSR count). The van der Waals surface area contributed by atoms with Gasteiger partial charge in [0.2, 0.25) is 0 Å². The first-order chi connectivity index (χ1) is 12.0. The number of carbonyl (C=O) groups is 1. The zero-order valence-electron chi connectivity index (χ0n) is 13.6. The van der Waals surface area contributed by atoms with E-state index in [0.29, 0.717) is 32.8 Å². The number of hydrogen-bond donors (Lipinski definition) is 1. The second-order valence-corrected chi connectivity index (χ2v) is 5.61. The minimum absolute atomic E-state index is 0.286. The molecule has 0 fully saturated rings. The minimum Gasteiger partial charge on any atom is -0.493 e. The summed E-state index contributed by atoms with van der Waals surface area (Å²) >= 11 is 11.8. The Kier molecular flexibility index (Phi) is 6.91. The number of rotatable bonds is 7. The number of carbonyl (C=O) groups excluding carboxylic acids is 1. The van der Waals surface area contributed by atoms with Gasteiger partial charge in [0.15, 0.2) is 18.1 Å². The molecule has 0 atom stereocenters.